The highest BCUT2D eigenvalue weighted by Crippen LogP contribution is 2.50. The Morgan fingerprint density at radius 3 is 0.366 bits per heavy atom. The smallest absolute Gasteiger partial charge is 0.0701 e. The van der Waals surface area contributed by atoms with Gasteiger partial charge in [0.25, 0.3) is 0 Å². The minimum absolute atomic E-state index is 0.0508. The Bertz CT molecular complexity index is 6200. The van der Waals surface area contributed by atoms with E-state index in [0.717, 1.165) is 135 Å². The highest BCUT2D eigenvalue weighted by atomic mass is 14.8. The van der Waals surface area contributed by atoms with E-state index in [1.54, 1.807) is 0 Å². The maximum absolute atomic E-state index is 5.13. The number of aliphatic imine (C=N–C) groups is 8. The topological polar surface area (TPSA) is 98.9 Å². The third kappa shape index (κ3) is 22.5. The van der Waals surface area contributed by atoms with Gasteiger partial charge >= 0.3 is 0 Å². The highest BCUT2D eigenvalue weighted by molar-refractivity contribution is 5.89. The summed E-state index contributed by atoms with van der Waals surface area (Å²) in [6, 6.07) is 130. The van der Waals surface area contributed by atoms with Gasteiger partial charge in [0.15, 0.2) is 0 Å². The van der Waals surface area contributed by atoms with Crippen LogP contribution >= 0.6 is 0 Å². The summed E-state index contributed by atoms with van der Waals surface area (Å²) in [6.07, 6.45) is 15.5. The maximum Gasteiger partial charge on any atom is 0.0701 e. The summed E-state index contributed by atoms with van der Waals surface area (Å²) >= 11 is 0. The molecule has 0 radical (unpaired) electrons. The Balaban J connectivity index is 0.742. The van der Waals surface area contributed by atoms with Crippen molar-refractivity contribution in [3.8, 4) is 0 Å². The number of rotatable bonds is 25. The van der Waals surface area contributed by atoms with Crippen molar-refractivity contribution in [2.75, 3.05) is 0 Å². The Kier molecular flexibility index (Phi) is 27.4. The van der Waals surface area contributed by atoms with Gasteiger partial charge in [0.05, 0.1) is 56.3 Å². The molecule has 0 fully saturated rings. The van der Waals surface area contributed by atoms with Gasteiger partial charge in [0, 0.05) is 49.7 Å². The fourth-order valence-corrected chi connectivity index (χ4v) is 16.6. The standard InChI is InChI=1S/C123H120N8/c1-86(2)95-34-22-89(23-35-95)80-126-111-66-50-103(51-67-111)122(104-52-68-112(69-53-104)127-81-90-24-36-96(37-25-90)117(3,4)5,105-54-70-113(71-55-105)128-82-91-26-38-97(39-27-91)118(6,7)8)101-46-62-109(63-47-101)124-78-87-18-20-88(21-19-87)79-125-110-64-48-102(49-65-110)123(106-56-72-114(73-57-106)129-83-92-28-40-98(41-29-92)119(9,10)11,107-58-74-115(75-59-107)130-84-93-30-42-99(43-31-93)120(12,13)14)108-60-76-116(77-61-108)131-85-94-32-44-100(45-33-94)121(15,16)17/h18-86H,1-17H3. The molecule has 0 bridgehead atoms. The molecule has 15 rings (SSSR count). The third-order valence-electron chi connectivity index (χ3n) is 24.7. The summed E-state index contributed by atoms with van der Waals surface area (Å²) in [7, 11) is 0. The van der Waals surface area contributed by atoms with Crippen LogP contribution in [0.25, 0.3) is 0 Å². The van der Waals surface area contributed by atoms with E-state index in [1.165, 1.54) is 33.4 Å². The second-order valence-electron chi connectivity index (χ2n) is 39.8. The molecule has 0 aromatic heterocycles. The molecule has 0 N–H and O–H groups in total. The lowest BCUT2D eigenvalue weighted by atomic mass is 9.65. The summed E-state index contributed by atoms with van der Waals surface area (Å²) in [4.78, 5) is 40.4. The van der Waals surface area contributed by atoms with Crippen molar-refractivity contribution in [1.82, 2.24) is 0 Å². The van der Waals surface area contributed by atoms with Gasteiger partial charge in [-0.2, -0.15) is 0 Å². The first-order valence-electron chi connectivity index (χ1n) is 45.7. The zero-order chi connectivity index (χ0) is 92.1. The predicted molar refractivity (Wildman–Crippen MR) is 560 cm³/mol. The van der Waals surface area contributed by atoms with Crippen LogP contribution in [0.2, 0.25) is 0 Å². The van der Waals surface area contributed by atoms with Crippen molar-refractivity contribution < 1.29 is 0 Å². The molecule has 131 heavy (non-hydrogen) atoms. The minimum atomic E-state index is -0.841. The van der Waals surface area contributed by atoms with Gasteiger partial charge in [0.1, 0.15) is 0 Å². The number of hydrogen-bond acceptors (Lipinski definition) is 8. The van der Waals surface area contributed by atoms with Crippen LogP contribution in [0.4, 0.5) is 45.5 Å². The summed E-state index contributed by atoms with van der Waals surface area (Å²) in [6.45, 7) is 38.0. The van der Waals surface area contributed by atoms with E-state index in [2.05, 4.69) is 482 Å². The first kappa shape index (κ1) is 91.4. The molecular formula is C123H120N8. The van der Waals surface area contributed by atoms with Crippen molar-refractivity contribution >= 4 is 95.2 Å². The number of hydrogen-bond donors (Lipinski definition) is 0. The van der Waals surface area contributed by atoms with E-state index in [4.69, 9.17) is 39.9 Å². The van der Waals surface area contributed by atoms with Gasteiger partial charge < -0.3 is 0 Å². The maximum atomic E-state index is 5.13. The zero-order valence-corrected chi connectivity index (χ0v) is 78.9. The minimum Gasteiger partial charge on any atom is -0.256 e. The molecule has 8 nitrogen and oxygen atoms in total. The number of benzene rings is 15. The molecule has 652 valence electrons. The van der Waals surface area contributed by atoms with Gasteiger partial charge in [0.2, 0.25) is 0 Å². The number of nitrogens with zero attached hydrogens (tertiary/aromatic N) is 8. The fraction of sp³-hybridized carbons (Fsp3) is 0.203. The average molecular weight is 1710 g/mol. The Labute approximate surface area is 777 Å². The van der Waals surface area contributed by atoms with Crippen molar-refractivity contribution in [3.63, 3.8) is 0 Å². The predicted octanol–water partition coefficient (Wildman–Crippen LogP) is 32.1. The van der Waals surface area contributed by atoms with Gasteiger partial charge in [-0.05, 0) is 252 Å². The molecule has 0 saturated carbocycles. The van der Waals surface area contributed by atoms with E-state index >= 15 is 0 Å². The van der Waals surface area contributed by atoms with Crippen LogP contribution in [0.15, 0.2) is 404 Å². The summed E-state index contributed by atoms with van der Waals surface area (Å²) < 4.78 is 0. The van der Waals surface area contributed by atoms with Crippen LogP contribution in [-0.4, -0.2) is 49.7 Å². The highest BCUT2D eigenvalue weighted by Gasteiger charge is 2.41. The first-order valence-corrected chi connectivity index (χ1v) is 45.7. The van der Waals surface area contributed by atoms with Gasteiger partial charge in [-0.15, -0.1) is 0 Å². The molecule has 15 aromatic rings. The fourth-order valence-electron chi connectivity index (χ4n) is 16.6. The van der Waals surface area contributed by atoms with Crippen LogP contribution in [0.1, 0.15) is 246 Å². The zero-order valence-electron chi connectivity index (χ0n) is 78.9. The van der Waals surface area contributed by atoms with Crippen molar-refractivity contribution in [1.29, 1.82) is 0 Å². The van der Waals surface area contributed by atoms with Crippen molar-refractivity contribution in [2.24, 2.45) is 39.9 Å². The Morgan fingerprint density at radius 2 is 0.252 bits per heavy atom. The lowest BCUT2D eigenvalue weighted by molar-refractivity contribution is 0.590. The average Bonchev–Trinajstić information content (AvgIpc) is 0.734. The van der Waals surface area contributed by atoms with Crippen molar-refractivity contribution in [3.05, 3.63) is 486 Å². The molecule has 0 aliphatic rings. The molecule has 8 heteroatoms. The quantitative estimate of drug-likeness (QED) is 0.0402. The largest absolute Gasteiger partial charge is 0.256 e. The Morgan fingerprint density at radius 1 is 0.145 bits per heavy atom. The first-order chi connectivity index (χ1) is 62.8. The van der Waals surface area contributed by atoms with E-state index in [-0.39, 0.29) is 27.1 Å². The van der Waals surface area contributed by atoms with Crippen LogP contribution in [0.3, 0.4) is 0 Å². The molecule has 15 aromatic carbocycles. The van der Waals surface area contributed by atoms with E-state index < -0.39 is 10.8 Å². The lowest BCUT2D eigenvalue weighted by Crippen LogP contribution is -2.30. The third-order valence-corrected chi connectivity index (χ3v) is 24.7. The van der Waals surface area contributed by atoms with Crippen molar-refractivity contribution in [2.45, 2.75) is 162 Å². The van der Waals surface area contributed by atoms with Crippen LogP contribution in [-0.2, 0) is 37.9 Å². The van der Waals surface area contributed by atoms with E-state index in [1.807, 2.05) is 49.7 Å². The summed E-state index contributed by atoms with van der Waals surface area (Å²) in [5.41, 5.74) is 29.7. The monoisotopic (exact) mass is 1710 g/mol. The summed E-state index contributed by atoms with van der Waals surface area (Å²) in [5.74, 6) is 0.445. The SMILES string of the molecule is CC(C)c1ccc(C=Nc2ccc(C(c3ccc(N=Cc4ccc(C=Nc5ccc(C(c6ccc(N=Cc7ccc(C(C)(C)C)cc7)cc6)(c6ccc(N=Cc7ccc(C(C)(C)C)cc7)cc6)c6ccc(N=Cc7ccc(C(C)(C)C)cc7)cc6)cc5)cc4)cc3)(c3ccc(N=Cc4ccc(C(C)(C)C)cc4)cc3)c3ccc(N=Cc4ccc(C(C)(C)C)cc4)cc3)cc2)cc1. The second kappa shape index (κ2) is 39.3. The van der Waals surface area contributed by atoms with Gasteiger partial charge in [-0.25, -0.2) is 0 Å². The van der Waals surface area contributed by atoms with Crippen LogP contribution < -0.4 is 0 Å². The Hall–Kier alpha value is -14.3. The van der Waals surface area contributed by atoms with Crippen LogP contribution in [0, 0.1) is 0 Å². The second-order valence-corrected chi connectivity index (χ2v) is 39.8. The van der Waals surface area contributed by atoms with Gasteiger partial charge in [-0.1, -0.05) is 385 Å². The van der Waals surface area contributed by atoms with Crippen LogP contribution in [0.5, 0.6) is 0 Å². The molecule has 0 spiro atoms. The molecule has 0 heterocycles. The molecular weight excluding hydrogens is 1590 g/mol. The molecule has 0 aliphatic carbocycles. The summed E-state index contributed by atoms with van der Waals surface area (Å²) in [5, 5.41) is 0. The van der Waals surface area contributed by atoms with Gasteiger partial charge in [-0.3, -0.25) is 39.9 Å². The normalized spacial score (nSPS) is 13.6. The molecule has 0 unspecified atom stereocenters. The van der Waals surface area contributed by atoms with E-state index in [9.17, 15) is 0 Å². The van der Waals surface area contributed by atoms with E-state index in [0.29, 0.717) is 5.92 Å². The lowest BCUT2D eigenvalue weighted by Gasteiger charge is -2.37. The molecule has 0 aliphatic heterocycles. The molecule has 0 atom stereocenters. The molecule has 0 saturated heterocycles. The molecule has 0 amide bonds.